The number of phenolic OH excluding ortho intramolecular Hbond substituents is 1. The van der Waals surface area contributed by atoms with Gasteiger partial charge >= 0.3 is 6.03 Å². The number of phenols is 1. The number of halogens is 1. The summed E-state index contributed by atoms with van der Waals surface area (Å²) in [6.07, 6.45) is 1.47. The molecule has 2 aromatic carbocycles. The highest BCUT2D eigenvalue weighted by Gasteiger charge is 2.34. The van der Waals surface area contributed by atoms with Crippen molar-refractivity contribution in [3.63, 3.8) is 0 Å². The van der Waals surface area contributed by atoms with Crippen LogP contribution in [0.4, 0.5) is 10.5 Å². The molecule has 26 heavy (non-hydrogen) atoms. The molecule has 1 aliphatic heterocycles. The highest BCUT2D eigenvalue weighted by Crippen LogP contribution is 2.37. The first-order valence-electron chi connectivity index (χ1n) is 7.52. The number of rotatable bonds is 4. The number of ether oxygens (including phenoxy) is 2. The van der Waals surface area contributed by atoms with Crippen molar-refractivity contribution in [3.8, 4) is 17.2 Å². The van der Waals surface area contributed by atoms with Crippen molar-refractivity contribution in [2.75, 3.05) is 19.1 Å². The number of benzene rings is 2. The van der Waals surface area contributed by atoms with Gasteiger partial charge in [0.1, 0.15) is 5.70 Å². The highest BCUT2D eigenvalue weighted by atomic mass is 35.5. The Morgan fingerprint density at radius 2 is 1.65 bits per heavy atom. The number of amides is 3. The third-order valence-electron chi connectivity index (χ3n) is 3.78. The minimum absolute atomic E-state index is 0.0831. The van der Waals surface area contributed by atoms with Crippen LogP contribution in [-0.2, 0) is 4.79 Å². The van der Waals surface area contributed by atoms with Crippen LogP contribution in [0.5, 0.6) is 17.2 Å². The van der Waals surface area contributed by atoms with Gasteiger partial charge in [-0.25, -0.2) is 9.69 Å². The van der Waals surface area contributed by atoms with E-state index in [1.165, 1.54) is 32.4 Å². The van der Waals surface area contributed by atoms with Crippen LogP contribution in [0.25, 0.3) is 6.08 Å². The molecular formula is C18H15ClN2O5. The van der Waals surface area contributed by atoms with Crippen molar-refractivity contribution < 1.29 is 24.2 Å². The Labute approximate surface area is 154 Å². The zero-order valence-corrected chi connectivity index (χ0v) is 14.7. The van der Waals surface area contributed by atoms with Crippen LogP contribution in [0, 0.1) is 0 Å². The lowest BCUT2D eigenvalue weighted by atomic mass is 10.1. The fourth-order valence-corrected chi connectivity index (χ4v) is 2.65. The molecule has 0 aliphatic carbocycles. The van der Waals surface area contributed by atoms with E-state index >= 15 is 0 Å². The van der Waals surface area contributed by atoms with Crippen molar-refractivity contribution in [1.29, 1.82) is 0 Å². The Morgan fingerprint density at radius 3 is 2.19 bits per heavy atom. The summed E-state index contributed by atoms with van der Waals surface area (Å²) in [6, 6.07) is 8.82. The molecule has 8 heteroatoms. The molecule has 1 heterocycles. The number of nitrogens with zero attached hydrogens (tertiary/aromatic N) is 1. The molecule has 3 amide bonds. The Morgan fingerprint density at radius 1 is 1.08 bits per heavy atom. The minimum atomic E-state index is -0.568. The summed E-state index contributed by atoms with van der Waals surface area (Å²) in [4.78, 5) is 25.8. The largest absolute Gasteiger partial charge is 0.502 e. The molecule has 1 fully saturated rings. The first-order chi connectivity index (χ1) is 12.4. The number of nitrogens with one attached hydrogen (secondary N) is 1. The molecule has 0 unspecified atom stereocenters. The number of anilines is 1. The van der Waals surface area contributed by atoms with Gasteiger partial charge in [-0.15, -0.1) is 0 Å². The van der Waals surface area contributed by atoms with Crippen LogP contribution < -0.4 is 19.7 Å². The summed E-state index contributed by atoms with van der Waals surface area (Å²) >= 11 is 5.84. The van der Waals surface area contributed by atoms with Gasteiger partial charge in [-0.05, 0) is 48.0 Å². The zero-order chi connectivity index (χ0) is 18.8. The lowest BCUT2D eigenvalue weighted by molar-refractivity contribution is -0.113. The number of hydrogen-bond donors (Lipinski definition) is 2. The number of aromatic hydroxyl groups is 1. The van der Waals surface area contributed by atoms with E-state index in [0.717, 1.165) is 4.90 Å². The quantitative estimate of drug-likeness (QED) is 0.634. The van der Waals surface area contributed by atoms with Crippen molar-refractivity contribution in [2.24, 2.45) is 0 Å². The van der Waals surface area contributed by atoms with Crippen LogP contribution in [0.15, 0.2) is 42.1 Å². The molecule has 0 bridgehead atoms. The fraction of sp³-hybridized carbons (Fsp3) is 0.111. The van der Waals surface area contributed by atoms with E-state index < -0.39 is 11.9 Å². The first kappa shape index (κ1) is 17.6. The average Bonchev–Trinajstić information content (AvgIpc) is 2.90. The zero-order valence-electron chi connectivity index (χ0n) is 13.9. The fourth-order valence-electron chi connectivity index (χ4n) is 2.52. The van der Waals surface area contributed by atoms with Gasteiger partial charge in [0, 0.05) is 5.02 Å². The topological polar surface area (TPSA) is 88.1 Å². The Hall–Kier alpha value is -3.19. The Kier molecular flexibility index (Phi) is 4.73. The lowest BCUT2D eigenvalue weighted by Gasteiger charge is -2.11. The molecule has 1 aliphatic rings. The molecule has 0 aromatic heterocycles. The van der Waals surface area contributed by atoms with Gasteiger partial charge in [0.25, 0.3) is 5.91 Å². The molecule has 0 atom stereocenters. The summed E-state index contributed by atoms with van der Waals surface area (Å²) < 4.78 is 10.2. The van der Waals surface area contributed by atoms with Crippen molar-refractivity contribution >= 4 is 35.3 Å². The smallest absolute Gasteiger partial charge is 0.333 e. The number of carbonyl (C=O) groups is 2. The molecule has 2 aromatic rings. The van der Waals surface area contributed by atoms with E-state index in [2.05, 4.69) is 5.32 Å². The standard InChI is InChI=1S/C18H15ClN2O5/c1-25-14-8-10(9-15(26-2)16(14)22)7-13-17(23)21(18(24)20-13)12-5-3-11(19)4-6-12/h3-9,22H,1-2H3,(H,20,24). The maximum atomic E-state index is 12.6. The van der Waals surface area contributed by atoms with Crippen molar-refractivity contribution in [1.82, 2.24) is 5.32 Å². The van der Waals surface area contributed by atoms with Crippen molar-refractivity contribution in [2.45, 2.75) is 0 Å². The second-order valence-electron chi connectivity index (χ2n) is 5.38. The highest BCUT2D eigenvalue weighted by molar-refractivity contribution is 6.31. The molecule has 134 valence electrons. The van der Waals surface area contributed by atoms with Gasteiger partial charge in [0.2, 0.25) is 5.75 Å². The number of imide groups is 1. The van der Waals surface area contributed by atoms with Crippen LogP contribution in [0.3, 0.4) is 0 Å². The lowest BCUT2D eigenvalue weighted by Crippen LogP contribution is -2.30. The number of hydrogen-bond acceptors (Lipinski definition) is 5. The van der Waals surface area contributed by atoms with E-state index in [0.29, 0.717) is 16.3 Å². The predicted octanol–water partition coefficient (Wildman–Crippen LogP) is 3.16. The van der Waals surface area contributed by atoms with Crippen LogP contribution in [0.1, 0.15) is 5.56 Å². The summed E-state index contributed by atoms with van der Waals surface area (Å²) in [7, 11) is 2.80. The normalized spacial score (nSPS) is 15.3. The van der Waals surface area contributed by atoms with Crippen molar-refractivity contribution in [3.05, 3.63) is 52.7 Å². The van der Waals surface area contributed by atoms with Crippen LogP contribution in [-0.4, -0.2) is 31.3 Å². The maximum Gasteiger partial charge on any atom is 0.333 e. The molecule has 7 nitrogen and oxygen atoms in total. The van der Waals surface area contributed by atoms with Gasteiger partial charge in [-0.3, -0.25) is 4.79 Å². The van der Waals surface area contributed by atoms with Gasteiger partial charge in [0.05, 0.1) is 19.9 Å². The third-order valence-corrected chi connectivity index (χ3v) is 4.03. The number of urea groups is 1. The van der Waals surface area contributed by atoms with E-state index in [-0.39, 0.29) is 22.9 Å². The summed E-state index contributed by atoms with van der Waals surface area (Å²) in [5, 5.41) is 13.0. The molecule has 0 radical (unpaired) electrons. The summed E-state index contributed by atoms with van der Waals surface area (Å²) in [5.41, 5.74) is 0.999. The van der Waals surface area contributed by atoms with E-state index in [9.17, 15) is 14.7 Å². The van der Waals surface area contributed by atoms with Crippen LogP contribution >= 0.6 is 11.6 Å². The third kappa shape index (κ3) is 3.16. The average molecular weight is 375 g/mol. The Balaban J connectivity index is 1.97. The SMILES string of the molecule is COc1cc(C=C2NC(=O)N(c3ccc(Cl)cc3)C2=O)cc(OC)c1O. The molecule has 3 rings (SSSR count). The molecule has 1 saturated heterocycles. The molecule has 0 spiro atoms. The van der Waals surface area contributed by atoms with E-state index in [4.69, 9.17) is 21.1 Å². The maximum absolute atomic E-state index is 12.6. The molecule has 2 N–H and O–H groups in total. The number of carbonyl (C=O) groups excluding carboxylic acids is 2. The van der Waals surface area contributed by atoms with E-state index in [1.807, 2.05) is 0 Å². The Bertz CT molecular complexity index is 883. The summed E-state index contributed by atoms with van der Waals surface area (Å²) in [6.45, 7) is 0. The second-order valence-corrected chi connectivity index (χ2v) is 5.82. The monoisotopic (exact) mass is 374 g/mol. The second kappa shape index (κ2) is 6.97. The summed E-state index contributed by atoms with van der Waals surface area (Å²) in [5.74, 6) is -0.296. The van der Waals surface area contributed by atoms with Gasteiger partial charge in [-0.1, -0.05) is 11.6 Å². The van der Waals surface area contributed by atoms with Gasteiger partial charge < -0.3 is 19.9 Å². The molecule has 0 saturated carbocycles. The van der Waals surface area contributed by atoms with E-state index in [1.54, 1.807) is 24.3 Å². The van der Waals surface area contributed by atoms with Crippen LogP contribution in [0.2, 0.25) is 5.02 Å². The number of methoxy groups -OCH3 is 2. The van der Waals surface area contributed by atoms with Gasteiger partial charge in [-0.2, -0.15) is 0 Å². The minimum Gasteiger partial charge on any atom is -0.502 e. The first-order valence-corrected chi connectivity index (χ1v) is 7.90. The van der Waals surface area contributed by atoms with Gasteiger partial charge in [0.15, 0.2) is 11.5 Å². The molecular weight excluding hydrogens is 360 g/mol. The predicted molar refractivity (Wildman–Crippen MR) is 96.7 cm³/mol.